The molecule has 2 fully saturated rings. The monoisotopic (exact) mass is 310 g/mol. The van der Waals surface area contributed by atoms with Crippen LogP contribution < -0.4 is 5.32 Å². The van der Waals surface area contributed by atoms with E-state index < -0.39 is 5.60 Å². The topological polar surface area (TPSA) is 41.6 Å². The van der Waals surface area contributed by atoms with Crippen molar-refractivity contribution < 1.29 is 9.53 Å². The predicted molar refractivity (Wildman–Crippen MR) is 90.0 cm³/mol. The molecule has 0 spiro atoms. The number of carbonyl (C=O) groups excluding carboxylic acids is 1. The summed E-state index contributed by atoms with van der Waals surface area (Å²) in [5.74, 6) is 0.899. The van der Waals surface area contributed by atoms with Crippen LogP contribution in [0.5, 0.6) is 0 Å². The Morgan fingerprint density at radius 3 is 2.32 bits per heavy atom. The zero-order valence-electron chi connectivity index (χ0n) is 14.9. The van der Waals surface area contributed by atoms with Crippen LogP contribution in [-0.2, 0) is 4.74 Å². The number of rotatable bonds is 6. The molecule has 2 saturated carbocycles. The maximum Gasteiger partial charge on any atom is 0.410 e. The van der Waals surface area contributed by atoms with E-state index in [2.05, 4.69) is 12.2 Å². The molecule has 1 N–H and O–H groups in total. The van der Waals surface area contributed by atoms with Gasteiger partial charge in [-0.1, -0.05) is 6.92 Å². The van der Waals surface area contributed by atoms with E-state index in [0.717, 1.165) is 38.3 Å². The van der Waals surface area contributed by atoms with Gasteiger partial charge in [0, 0.05) is 18.6 Å². The van der Waals surface area contributed by atoms with Crippen LogP contribution in [0.1, 0.15) is 72.6 Å². The van der Waals surface area contributed by atoms with Gasteiger partial charge in [0.25, 0.3) is 0 Å². The van der Waals surface area contributed by atoms with Gasteiger partial charge in [0.15, 0.2) is 0 Å². The molecule has 0 heterocycles. The highest BCUT2D eigenvalue weighted by molar-refractivity contribution is 5.69. The van der Waals surface area contributed by atoms with Crippen LogP contribution in [0.4, 0.5) is 4.79 Å². The lowest BCUT2D eigenvalue weighted by Gasteiger charge is -2.29. The number of hydrogen-bond donors (Lipinski definition) is 1. The standard InChI is InChI=1S/C18H34N2O2/c1-14-6-8-15(9-7-14)19-12-5-13-20(16-10-11-16)17(21)22-18(2,3)4/h14-16,19H,5-13H2,1-4H3. The molecule has 0 atom stereocenters. The minimum absolute atomic E-state index is 0.138. The molecule has 0 aromatic carbocycles. The van der Waals surface area contributed by atoms with Crippen molar-refractivity contribution in [3.8, 4) is 0 Å². The lowest BCUT2D eigenvalue weighted by Crippen LogP contribution is -2.40. The van der Waals surface area contributed by atoms with Gasteiger partial charge in [-0.05, 0) is 78.2 Å². The molecule has 2 rings (SSSR count). The number of nitrogens with one attached hydrogen (secondary N) is 1. The Morgan fingerprint density at radius 2 is 1.77 bits per heavy atom. The van der Waals surface area contributed by atoms with Crippen molar-refractivity contribution in [3.05, 3.63) is 0 Å². The number of carbonyl (C=O) groups is 1. The fourth-order valence-corrected chi connectivity index (χ4v) is 3.15. The van der Waals surface area contributed by atoms with Gasteiger partial charge in [0.05, 0.1) is 0 Å². The van der Waals surface area contributed by atoms with Crippen LogP contribution in [0.3, 0.4) is 0 Å². The summed E-state index contributed by atoms with van der Waals surface area (Å²) >= 11 is 0. The molecule has 0 bridgehead atoms. The second-order valence-corrected chi connectivity index (χ2v) is 8.17. The van der Waals surface area contributed by atoms with Crippen LogP contribution in [0.25, 0.3) is 0 Å². The molecule has 1 amide bonds. The molecular formula is C18H34N2O2. The minimum atomic E-state index is -0.402. The van der Waals surface area contributed by atoms with Crippen molar-refractivity contribution in [2.24, 2.45) is 5.92 Å². The largest absolute Gasteiger partial charge is 0.444 e. The van der Waals surface area contributed by atoms with Gasteiger partial charge in [-0.3, -0.25) is 0 Å². The number of amides is 1. The van der Waals surface area contributed by atoms with E-state index in [1.54, 1.807) is 0 Å². The van der Waals surface area contributed by atoms with Crippen molar-refractivity contribution in [1.82, 2.24) is 10.2 Å². The van der Waals surface area contributed by atoms with E-state index >= 15 is 0 Å². The Hall–Kier alpha value is -0.770. The predicted octanol–water partition coefficient (Wildman–Crippen LogP) is 3.94. The van der Waals surface area contributed by atoms with Gasteiger partial charge in [0.2, 0.25) is 0 Å². The Balaban J connectivity index is 1.66. The Kier molecular flexibility index (Phi) is 6.13. The van der Waals surface area contributed by atoms with Crippen molar-refractivity contribution in [3.63, 3.8) is 0 Å². The van der Waals surface area contributed by atoms with E-state index in [4.69, 9.17) is 4.74 Å². The summed E-state index contributed by atoms with van der Waals surface area (Å²) in [6.45, 7) is 9.97. The average molecular weight is 310 g/mol. The van der Waals surface area contributed by atoms with Gasteiger partial charge in [0.1, 0.15) is 5.60 Å². The first-order valence-electron chi connectivity index (χ1n) is 9.08. The van der Waals surface area contributed by atoms with Crippen molar-refractivity contribution in [2.75, 3.05) is 13.1 Å². The third-order valence-electron chi connectivity index (χ3n) is 4.64. The summed E-state index contributed by atoms with van der Waals surface area (Å²) in [6, 6.07) is 1.11. The number of nitrogens with zero attached hydrogens (tertiary/aromatic N) is 1. The molecule has 0 saturated heterocycles. The van der Waals surface area contributed by atoms with Gasteiger partial charge in [-0.2, -0.15) is 0 Å². The molecule has 2 aliphatic rings. The van der Waals surface area contributed by atoms with Crippen molar-refractivity contribution in [2.45, 2.75) is 90.3 Å². The first kappa shape index (κ1) is 17.6. The number of hydrogen-bond acceptors (Lipinski definition) is 3. The lowest BCUT2D eigenvalue weighted by molar-refractivity contribution is 0.0231. The van der Waals surface area contributed by atoms with Gasteiger partial charge < -0.3 is 15.0 Å². The zero-order valence-corrected chi connectivity index (χ0v) is 14.9. The average Bonchev–Trinajstić information content (AvgIpc) is 3.23. The van der Waals surface area contributed by atoms with Gasteiger partial charge >= 0.3 is 6.09 Å². The summed E-state index contributed by atoms with van der Waals surface area (Å²) in [5.41, 5.74) is -0.402. The number of ether oxygens (including phenoxy) is 1. The highest BCUT2D eigenvalue weighted by Gasteiger charge is 2.34. The molecule has 0 unspecified atom stereocenters. The molecule has 22 heavy (non-hydrogen) atoms. The Bertz CT molecular complexity index is 353. The van der Waals surface area contributed by atoms with E-state index in [1.807, 2.05) is 25.7 Å². The molecule has 0 aliphatic heterocycles. The van der Waals surface area contributed by atoms with Crippen LogP contribution in [0.15, 0.2) is 0 Å². The molecule has 4 nitrogen and oxygen atoms in total. The van der Waals surface area contributed by atoms with E-state index in [-0.39, 0.29) is 6.09 Å². The van der Waals surface area contributed by atoms with Crippen LogP contribution in [-0.4, -0.2) is 41.8 Å². The van der Waals surface area contributed by atoms with Crippen LogP contribution in [0, 0.1) is 5.92 Å². The third kappa shape index (κ3) is 6.15. The summed E-state index contributed by atoms with van der Waals surface area (Å²) in [6.07, 6.45) is 8.45. The molecule has 0 aromatic rings. The summed E-state index contributed by atoms with van der Waals surface area (Å²) in [7, 11) is 0. The van der Waals surface area contributed by atoms with Crippen LogP contribution >= 0.6 is 0 Å². The van der Waals surface area contributed by atoms with Crippen molar-refractivity contribution in [1.29, 1.82) is 0 Å². The van der Waals surface area contributed by atoms with Gasteiger partial charge in [-0.15, -0.1) is 0 Å². The summed E-state index contributed by atoms with van der Waals surface area (Å²) < 4.78 is 5.53. The Morgan fingerprint density at radius 1 is 1.14 bits per heavy atom. The molecule has 0 radical (unpaired) electrons. The van der Waals surface area contributed by atoms with E-state index in [9.17, 15) is 4.79 Å². The fourth-order valence-electron chi connectivity index (χ4n) is 3.15. The molecule has 2 aliphatic carbocycles. The quantitative estimate of drug-likeness (QED) is 0.755. The van der Waals surface area contributed by atoms with Crippen molar-refractivity contribution >= 4 is 6.09 Å². The molecule has 4 heteroatoms. The summed E-state index contributed by atoms with van der Waals surface area (Å²) in [5, 5.41) is 3.67. The summed E-state index contributed by atoms with van der Waals surface area (Å²) in [4.78, 5) is 14.2. The normalized spacial score (nSPS) is 25.8. The second-order valence-electron chi connectivity index (χ2n) is 8.17. The first-order chi connectivity index (χ1) is 10.3. The SMILES string of the molecule is CC1CCC(NCCCN(C(=O)OC(C)(C)C)C2CC2)CC1. The molecule has 128 valence electrons. The maximum absolute atomic E-state index is 12.3. The van der Waals surface area contributed by atoms with E-state index in [0.29, 0.717) is 12.1 Å². The second kappa shape index (κ2) is 7.67. The molecule has 0 aromatic heterocycles. The van der Waals surface area contributed by atoms with Gasteiger partial charge in [-0.25, -0.2) is 4.79 Å². The van der Waals surface area contributed by atoms with E-state index in [1.165, 1.54) is 25.7 Å². The first-order valence-corrected chi connectivity index (χ1v) is 9.08. The maximum atomic E-state index is 12.3. The highest BCUT2D eigenvalue weighted by Crippen LogP contribution is 2.28. The minimum Gasteiger partial charge on any atom is -0.444 e. The molecular weight excluding hydrogens is 276 g/mol. The van der Waals surface area contributed by atoms with Crippen LogP contribution in [0.2, 0.25) is 0 Å². The smallest absolute Gasteiger partial charge is 0.410 e. The third-order valence-corrected chi connectivity index (χ3v) is 4.64. The lowest BCUT2D eigenvalue weighted by atomic mass is 9.87. The zero-order chi connectivity index (χ0) is 16.2. The highest BCUT2D eigenvalue weighted by atomic mass is 16.6. The Labute approximate surface area is 136 Å². The fraction of sp³-hybridized carbons (Fsp3) is 0.944.